The van der Waals surface area contributed by atoms with Crippen LogP contribution in [0.4, 0.5) is 38.9 Å². The predicted octanol–water partition coefficient (Wildman–Crippen LogP) is 7.07. The van der Waals surface area contributed by atoms with Crippen molar-refractivity contribution in [1.82, 2.24) is 29.1 Å². The molecule has 0 aliphatic carbocycles. The molecule has 1 atom stereocenters. The Morgan fingerprint density at radius 2 is 1.63 bits per heavy atom. The number of aromatic nitrogens is 3. The summed E-state index contributed by atoms with van der Waals surface area (Å²) in [6, 6.07) is 21.7. The first-order valence-corrected chi connectivity index (χ1v) is 24.3. The van der Waals surface area contributed by atoms with Gasteiger partial charge >= 0.3 is 0 Å². The van der Waals surface area contributed by atoms with E-state index in [4.69, 9.17) is 11.6 Å². The zero-order valence-corrected chi connectivity index (χ0v) is 37.1. The Morgan fingerprint density at radius 3 is 2.37 bits per heavy atom. The summed E-state index contributed by atoms with van der Waals surface area (Å²) < 4.78 is 41.8. The van der Waals surface area contributed by atoms with Crippen molar-refractivity contribution < 1.29 is 22.4 Å². The van der Waals surface area contributed by atoms with E-state index in [2.05, 4.69) is 69.8 Å². The second kappa shape index (κ2) is 18.4. The van der Waals surface area contributed by atoms with Crippen molar-refractivity contribution in [3.63, 3.8) is 0 Å². The van der Waals surface area contributed by atoms with Gasteiger partial charge in [-0.05, 0) is 86.6 Å². The number of anilines is 6. The molecule has 9 rings (SSSR count). The van der Waals surface area contributed by atoms with Crippen LogP contribution in [0.5, 0.6) is 0 Å². The second-order valence-electron chi connectivity index (χ2n) is 17.3. The molecule has 2 aromatic heterocycles. The maximum atomic E-state index is 15.7. The highest BCUT2D eigenvalue weighted by atomic mass is 35.5. The third kappa shape index (κ3) is 9.78. The minimum Gasteiger partial charge on any atom is -0.369 e. The van der Waals surface area contributed by atoms with E-state index in [1.807, 2.05) is 18.2 Å². The Balaban J connectivity index is 0.743. The number of halogens is 2. The number of fused-ring (bicyclic) bond motifs is 1. The number of para-hydroxylation sites is 1. The Bertz CT molecular complexity index is 2560. The molecule has 14 nitrogen and oxygen atoms in total. The highest BCUT2D eigenvalue weighted by molar-refractivity contribution is 7.89. The van der Waals surface area contributed by atoms with Crippen LogP contribution in [0.3, 0.4) is 0 Å². The van der Waals surface area contributed by atoms with E-state index in [9.17, 15) is 18.0 Å². The van der Waals surface area contributed by atoms with Crippen LogP contribution >= 0.6 is 11.6 Å². The van der Waals surface area contributed by atoms with Crippen molar-refractivity contribution in [2.45, 2.75) is 69.4 Å². The fourth-order valence-corrected chi connectivity index (χ4v) is 10.9. The van der Waals surface area contributed by atoms with Crippen molar-refractivity contribution in [3.8, 4) is 0 Å². The zero-order chi connectivity index (χ0) is 43.7. The molecule has 4 aliphatic rings. The molecule has 0 spiro atoms. The van der Waals surface area contributed by atoms with E-state index in [0.717, 1.165) is 88.8 Å². The number of amides is 2. The summed E-state index contributed by atoms with van der Waals surface area (Å²) in [6.45, 7) is 7.90. The number of nitrogens with zero attached hydrogens (tertiary/aromatic N) is 7. The number of hydrogen-bond donors (Lipinski definition) is 3. The largest absolute Gasteiger partial charge is 0.369 e. The number of piperidine rings is 3. The van der Waals surface area contributed by atoms with Gasteiger partial charge in [-0.1, -0.05) is 35.9 Å². The summed E-state index contributed by atoms with van der Waals surface area (Å²) in [5.74, 6) is -0.282. The van der Waals surface area contributed by atoms with Crippen molar-refractivity contribution in [2.75, 3.05) is 79.0 Å². The smallest absolute Gasteiger partial charge is 0.236 e. The molecular formula is C46H54ClFN10O4S. The van der Waals surface area contributed by atoms with E-state index >= 15 is 4.39 Å². The molecule has 4 saturated heterocycles. The number of nitrogens with one attached hydrogen (secondary N) is 3. The summed E-state index contributed by atoms with van der Waals surface area (Å²) in [4.78, 5) is 42.6. The van der Waals surface area contributed by atoms with Gasteiger partial charge in [0.05, 0.1) is 29.3 Å². The molecular weight excluding hydrogens is 843 g/mol. The minimum atomic E-state index is -3.56. The molecule has 6 heterocycles. The van der Waals surface area contributed by atoms with Gasteiger partial charge in [-0.2, -0.15) is 4.98 Å². The Morgan fingerprint density at radius 1 is 0.873 bits per heavy atom. The summed E-state index contributed by atoms with van der Waals surface area (Å²) in [7, 11) is -3.56. The van der Waals surface area contributed by atoms with Crippen LogP contribution in [0, 0.1) is 5.82 Å². The third-order valence-electron chi connectivity index (χ3n) is 13.2. The molecule has 0 bridgehead atoms. The van der Waals surface area contributed by atoms with Gasteiger partial charge in [0, 0.05) is 106 Å². The molecule has 3 aromatic carbocycles. The molecule has 4 fully saturated rings. The first kappa shape index (κ1) is 43.0. The van der Waals surface area contributed by atoms with Gasteiger partial charge in [-0.15, -0.1) is 0 Å². The number of carbonyl (C=O) groups excluding carboxylic acids is 2. The Kier molecular flexibility index (Phi) is 12.6. The predicted molar refractivity (Wildman–Crippen MR) is 247 cm³/mol. The molecule has 63 heavy (non-hydrogen) atoms. The van der Waals surface area contributed by atoms with E-state index < -0.39 is 10.0 Å². The van der Waals surface area contributed by atoms with E-state index in [1.165, 1.54) is 47.4 Å². The molecule has 2 amide bonds. The molecule has 332 valence electrons. The lowest BCUT2D eigenvalue weighted by atomic mass is 9.89. The van der Waals surface area contributed by atoms with Gasteiger partial charge in [0.25, 0.3) is 0 Å². The number of benzene rings is 3. The lowest BCUT2D eigenvalue weighted by Gasteiger charge is -2.44. The molecule has 5 aromatic rings. The van der Waals surface area contributed by atoms with Gasteiger partial charge in [-0.25, -0.2) is 21.8 Å². The average Bonchev–Trinajstić information content (AvgIpc) is 3.74. The van der Waals surface area contributed by atoms with Gasteiger partial charge < -0.3 is 25.3 Å². The average molecular weight is 898 g/mol. The molecule has 4 aliphatic heterocycles. The van der Waals surface area contributed by atoms with Gasteiger partial charge in [-0.3, -0.25) is 19.8 Å². The van der Waals surface area contributed by atoms with E-state index in [-0.39, 0.29) is 40.3 Å². The van der Waals surface area contributed by atoms with Crippen molar-refractivity contribution in [2.24, 2.45) is 0 Å². The molecule has 1 unspecified atom stereocenters. The first-order valence-electron chi connectivity index (χ1n) is 22.0. The lowest BCUT2D eigenvalue weighted by Crippen LogP contribution is -2.53. The molecule has 0 radical (unpaired) electrons. The second-order valence-corrected chi connectivity index (χ2v) is 19.6. The molecule has 3 N–H and O–H groups in total. The number of hydrogen-bond acceptors (Lipinski definition) is 12. The lowest BCUT2D eigenvalue weighted by molar-refractivity contribution is -0.133. The van der Waals surface area contributed by atoms with Gasteiger partial charge in [0.1, 0.15) is 10.8 Å². The summed E-state index contributed by atoms with van der Waals surface area (Å²) in [5, 5.41) is 9.63. The monoisotopic (exact) mass is 896 g/mol. The Hall–Kier alpha value is -5.29. The fraction of sp³-hybridized carbons (Fsp3) is 0.435. The van der Waals surface area contributed by atoms with Crippen LogP contribution in [0.25, 0.3) is 10.9 Å². The summed E-state index contributed by atoms with van der Waals surface area (Å²) in [5.41, 5.74) is 4.33. The van der Waals surface area contributed by atoms with Crippen molar-refractivity contribution in [1.29, 1.82) is 0 Å². The van der Waals surface area contributed by atoms with E-state index in [0.29, 0.717) is 47.5 Å². The van der Waals surface area contributed by atoms with Crippen molar-refractivity contribution in [3.05, 3.63) is 95.5 Å². The van der Waals surface area contributed by atoms with Crippen LogP contribution in [0.1, 0.15) is 62.8 Å². The summed E-state index contributed by atoms with van der Waals surface area (Å²) >= 11 is 6.46. The van der Waals surface area contributed by atoms with Gasteiger partial charge in [0.15, 0.2) is 5.82 Å². The van der Waals surface area contributed by atoms with Crippen LogP contribution < -0.4 is 25.8 Å². The highest BCUT2D eigenvalue weighted by Gasteiger charge is 2.31. The third-order valence-corrected chi connectivity index (χ3v) is 14.5. The maximum absolute atomic E-state index is 15.7. The zero-order valence-electron chi connectivity index (χ0n) is 35.5. The maximum Gasteiger partial charge on any atom is 0.236 e. The molecule has 17 heteroatoms. The number of piperazine rings is 1. The van der Waals surface area contributed by atoms with Crippen LogP contribution in [0.15, 0.2) is 79.1 Å². The fourth-order valence-electron chi connectivity index (χ4n) is 9.90. The number of carbonyl (C=O) groups is 2. The number of imide groups is 1. The Labute approximate surface area is 372 Å². The number of rotatable bonds is 12. The topological polar surface area (TPSA) is 148 Å². The van der Waals surface area contributed by atoms with Crippen molar-refractivity contribution >= 4 is 78.9 Å². The normalized spacial score (nSPS) is 20.0. The van der Waals surface area contributed by atoms with E-state index in [1.54, 1.807) is 18.2 Å². The highest BCUT2D eigenvalue weighted by Crippen LogP contribution is 2.34. The SMILES string of the molecule is CS(=O)(=O)n1ccc2cccc(Nc3nc(Nc4ccc(N5CCC(N6CCN(CCC7CCCCN7c7ccc(C8CC(=O)NC(=O)C8)cc7)CC6)CC5)c(F)c4)ncc3Cl)c21. The van der Waals surface area contributed by atoms with Crippen LogP contribution in [0.2, 0.25) is 5.02 Å². The first-order chi connectivity index (χ1) is 30.4. The minimum absolute atomic E-state index is 0.0471. The standard InChI is InChI=1S/C46H54ClFN10O4S/c1-63(61,62)58-22-14-32-5-4-7-40(44(32)58)51-45-38(47)30-49-46(53-45)50-34-10-13-41(39(48)29-34)56-20-16-35(17-21-56)55-25-23-54(24-26-55)19-15-36-6-2-3-18-57(36)37-11-8-31(9-12-37)33-27-42(59)52-43(60)28-33/h4-5,7-14,22,29-30,33,35-36H,2-3,6,15-21,23-28H2,1H3,(H,52,59,60)(H2,49,50,51,53). The quantitative estimate of drug-likeness (QED) is 0.110. The van der Waals surface area contributed by atoms with Crippen LogP contribution in [-0.4, -0.2) is 115 Å². The van der Waals surface area contributed by atoms with Crippen LogP contribution in [-0.2, 0) is 19.6 Å². The molecule has 0 saturated carbocycles. The summed E-state index contributed by atoms with van der Waals surface area (Å²) in [6.07, 6.45) is 11.5. The van der Waals surface area contributed by atoms with Gasteiger partial charge in [0.2, 0.25) is 27.8 Å².